The van der Waals surface area contributed by atoms with Gasteiger partial charge in [0, 0.05) is 60.5 Å². The zero-order valence-corrected chi connectivity index (χ0v) is 30.3. The first kappa shape index (κ1) is 35.5. The molecule has 0 aliphatic carbocycles. The summed E-state index contributed by atoms with van der Waals surface area (Å²) >= 11 is 0. The summed E-state index contributed by atoms with van der Waals surface area (Å²) in [7, 11) is 0. The number of para-hydroxylation sites is 1. The maximum Gasteiger partial charge on any atom is 0.417 e. The van der Waals surface area contributed by atoms with Crippen LogP contribution in [0.5, 0.6) is 0 Å². The second-order valence-electron chi connectivity index (χ2n) is 13.0. The predicted octanol–water partition coefficient (Wildman–Crippen LogP) is 10.7. The van der Waals surface area contributed by atoms with Crippen LogP contribution in [0.4, 0.5) is 13.2 Å². The fourth-order valence-corrected chi connectivity index (χ4v) is 7.22. The third-order valence-electron chi connectivity index (χ3n) is 9.90. The number of carbonyl (C=O) groups excluding carboxylic acids is 1. The van der Waals surface area contributed by atoms with Crippen molar-refractivity contribution in [2.24, 2.45) is 11.8 Å². The molecule has 1 radical (unpaired) electrons. The fourth-order valence-electron chi connectivity index (χ4n) is 7.22. The Labute approximate surface area is 291 Å². The normalized spacial score (nSPS) is 14.1. The molecule has 0 saturated carbocycles. The summed E-state index contributed by atoms with van der Waals surface area (Å²) in [5, 5.41) is 12.9. The maximum atomic E-state index is 13.5. The molecule has 7 rings (SSSR count). The predicted molar refractivity (Wildman–Crippen MR) is 183 cm³/mol. The molecule has 0 bridgehead atoms. The zero-order valence-electron chi connectivity index (χ0n) is 27.9. The average molecular weight is 831 g/mol. The number of alkyl halides is 3. The third-order valence-corrected chi connectivity index (χ3v) is 9.90. The standard InChI is InChI=1S/C26H15F3N3.C13H24O2.Ir/c1-25(2)18-8-5-9-19-23(18)32-22-16(10-13-6-3-4-7-15(13)20(22)25)21-17(24(32)31-19)11-14(12-30-21)26(27,28)29;1-5-10(6-2)12(14)9-13(15)11(7-3)8-4;/h3-9,11-12H,1-2H3;9-11,14H,5-8H2,1-4H3;/q-1;;/b;12-9-;. The number of imidazole rings is 1. The summed E-state index contributed by atoms with van der Waals surface area (Å²) in [5.41, 5.74) is 4.71. The van der Waals surface area contributed by atoms with Crippen LogP contribution in [0.3, 0.4) is 0 Å². The summed E-state index contributed by atoms with van der Waals surface area (Å²) in [6.45, 7) is 12.5. The molecule has 0 atom stereocenters. The van der Waals surface area contributed by atoms with Gasteiger partial charge in [0.1, 0.15) is 5.65 Å². The molecule has 0 saturated heterocycles. The largest absolute Gasteiger partial charge is 0.512 e. The van der Waals surface area contributed by atoms with Crippen molar-refractivity contribution in [2.75, 3.05) is 0 Å². The number of benzene rings is 3. The number of hydrogen-bond donors (Lipinski definition) is 1. The summed E-state index contributed by atoms with van der Waals surface area (Å²) in [6, 6.07) is 18.6. The molecule has 3 aromatic heterocycles. The van der Waals surface area contributed by atoms with E-state index in [0.29, 0.717) is 16.6 Å². The molecule has 6 aromatic rings. The molecule has 9 heteroatoms. The average Bonchev–Trinajstić information content (AvgIpc) is 3.44. The number of aromatic nitrogens is 3. The van der Waals surface area contributed by atoms with Crippen LogP contribution < -0.4 is 0 Å². The molecule has 1 aliphatic rings. The van der Waals surface area contributed by atoms with E-state index in [1.54, 1.807) is 0 Å². The van der Waals surface area contributed by atoms with Crippen LogP contribution in [0, 0.1) is 17.9 Å². The third kappa shape index (κ3) is 5.69. The van der Waals surface area contributed by atoms with Gasteiger partial charge in [-0.2, -0.15) is 13.2 Å². The van der Waals surface area contributed by atoms with Crippen molar-refractivity contribution in [2.45, 2.75) is 78.8 Å². The van der Waals surface area contributed by atoms with Crippen LogP contribution in [0.25, 0.3) is 49.3 Å². The molecule has 0 fully saturated rings. The van der Waals surface area contributed by atoms with E-state index >= 15 is 0 Å². The first-order chi connectivity index (χ1) is 22.4. The van der Waals surface area contributed by atoms with E-state index in [9.17, 15) is 23.1 Å². The molecule has 4 heterocycles. The summed E-state index contributed by atoms with van der Waals surface area (Å²) in [6.07, 6.45) is 1.33. The van der Waals surface area contributed by atoms with Crippen LogP contribution >= 0.6 is 0 Å². The van der Waals surface area contributed by atoms with E-state index in [-0.39, 0.29) is 48.9 Å². The Bertz CT molecular complexity index is 2210. The number of nitrogens with zero attached hydrogens (tertiary/aromatic N) is 3. The smallest absolute Gasteiger partial charge is 0.417 e. The van der Waals surface area contributed by atoms with Crippen molar-refractivity contribution in [3.8, 4) is 0 Å². The van der Waals surface area contributed by atoms with Crippen LogP contribution in [0.1, 0.15) is 83.9 Å². The van der Waals surface area contributed by atoms with Crippen LogP contribution in [-0.2, 0) is 36.5 Å². The first-order valence-corrected chi connectivity index (χ1v) is 16.4. The number of pyridine rings is 2. The van der Waals surface area contributed by atoms with Crippen molar-refractivity contribution in [3.05, 3.63) is 89.3 Å². The number of hydrogen-bond acceptors (Lipinski definition) is 4. The topological polar surface area (TPSA) is 67.5 Å². The van der Waals surface area contributed by atoms with Gasteiger partial charge in [-0.15, -0.1) is 17.5 Å². The summed E-state index contributed by atoms with van der Waals surface area (Å²) < 4.78 is 42.6. The molecule has 1 N–H and O–H groups in total. The van der Waals surface area contributed by atoms with Gasteiger partial charge in [0.25, 0.3) is 0 Å². The van der Waals surface area contributed by atoms with Crippen molar-refractivity contribution >= 4 is 55.0 Å². The number of carbonyl (C=O) groups is 1. The number of fused-ring (bicyclic) bond motifs is 5. The van der Waals surface area contributed by atoms with Gasteiger partial charge in [0.15, 0.2) is 5.78 Å². The monoisotopic (exact) mass is 831 g/mol. The Hall–Kier alpha value is -3.81. The number of aliphatic hydroxyl groups is 1. The number of rotatable bonds is 7. The van der Waals surface area contributed by atoms with Crippen molar-refractivity contribution in [3.63, 3.8) is 0 Å². The van der Waals surface area contributed by atoms with E-state index in [1.807, 2.05) is 62.4 Å². The molecular formula is C39H39F3IrN3O2-. The van der Waals surface area contributed by atoms with Gasteiger partial charge in [-0.1, -0.05) is 88.2 Å². The molecule has 0 amide bonds. The van der Waals surface area contributed by atoms with Crippen molar-refractivity contribution < 1.29 is 43.2 Å². The van der Waals surface area contributed by atoms with Gasteiger partial charge in [-0.05, 0) is 48.9 Å². The number of aliphatic hydroxyl groups excluding tert-OH is 1. The van der Waals surface area contributed by atoms with Crippen molar-refractivity contribution in [1.29, 1.82) is 0 Å². The molecular weight excluding hydrogens is 792 g/mol. The van der Waals surface area contributed by atoms with Gasteiger partial charge < -0.3 is 9.51 Å². The van der Waals surface area contributed by atoms with Crippen LogP contribution in [0.15, 0.2) is 66.6 Å². The van der Waals surface area contributed by atoms with E-state index in [2.05, 4.69) is 37.0 Å². The first-order valence-electron chi connectivity index (χ1n) is 16.4. The maximum absolute atomic E-state index is 13.5. The minimum absolute atomic E-state index is 0. The molecule has 3 aromatic carbocycles. The van der Waals surface area contributed by atoms with E-state index < -0.39 is 11.7 Å². The van der Waals surface area contributed by atoms with E-state index in [0.717, 1.165) is 81.8 Å². The fraction of sp³-hybridized carbons (Fsp3) is 0.359. The number of halogens is 3. The Balaban J connectivity index is 0.000000243. The van der Waals surface area contributed by atoms with E-state index in [1.165, 1.54) is 6.08 Å². The second kappa shape index (κ2) is 13.2. The SMILES string of the molecule is CC1(C)c2cccc3nc4c5cc(C(F)(F)F)cnc5c5[c-]c6ccccc6c1c5n4c23.CCC(CC)C(=O)/C=C(\O)C(CC)CC.[Ir]. The summed E-state index contributed by atoms with van der Waals surface area (Å²) in [5.74, 6) is 0.547. The van der Waals surface area contributed by atoms with Crippen molar-refractivity contribution in [1.82, 2.24) is 14.4 Å². The molecule has 1 aliphatic heterocycles. The van der Waals surface area contributed by atoms with E-state index in [4.69, 9.17) is 4.98 Å². The van der Waals surface area contributed by atoms with Crippen LogP contribution in [-0.4, -0.2) is 25.3 Å². The molecule has 0 unspecified atom stereocenters. The molecule has 48 heavy (non-hydrogen) atoms. The van der Waals surface area contributed by atoms with Crippen LogP contribution in [0.2, 0.25) is 0 Å². The Kier molecular flexibility index (Phi) is 9.79. The van der Waals surface area contributed by atoms with Gasteiger partial charge in [0.2, 0.25) is 0 Å². The quantitative estimate of drug-likeness (QED) is 0.0572. The minimum atomic E-state index is -4.48. The molecule has 253 valence electrons. The number of ketones is 1. The molecule has 5 nitrogen and oxygen atoms in total. The Morgan fingerprint density at radius 3 is 2.27 bits per heavy atom. The Morgan fingerprint density at radius 2 is 1.62 bits per heavy atom. The summed E-state index contributed by atoms with van der Waals surface area (Å²) in [4.78, 5) is 20.8. The minimum Gasteiger partial charge on any atom is -0.512 e. The van der Waals surface area contributed by atoms with Gasteiger partial charge in [-0.25, -0.2) is 4.98 Å². The Morgan fingerprint density at radius 1 is 0.958 bits per heavy atom. The van der Waals surface area contributed by atoms with Gasteiger partial charge >= 0.3 is 6.18 Å². The zero-order chi connectivity index (χ0) is 33.8. The van der Waals surface area contributed by atoms with Gasteiger partial charge in [0.05, 0.1) is 22.4 Å². The van der Waals surface area contributed by atoms with Gasteiger partial charge in [-0.3, -0.25) is 9.78 Å². The second-order valence-corrected chi connectivity index (χ2v) is 13.0. The number of allylic oxidation sites excluding steroid dienone is 2. The molecule has 0 spiro atoms.